The number of halogens is 3. The van der Waals surface area contributed by atoms with Crippen molar-refractivity contribution in [3.05, 3.63) is 53.7 Å². The summed E-state index contributed by atoms with van der Waals surface area (Å²) in [7, 11) is 0. The first kappa shape index (κ1) is 27.1. The zero-order valence-electron chi connectivity index (χ0n) is 21.6. The number of aromatic nitrogens is 4. The third-order valence-corrected chi connectivity index (χ3v) is 7.35. The average Bonchev–Trinajstić information content (AvgIpc) is 3.62. The van der Waals surface area contributed by atoms with Gasteiger partial charge in [-0.3, -0.25) is 9.89 Å². The van der Waals surface area contributed by atoms with Gasteiger partial charge in [-0.15, -0.1) is 5.10 Å². The summed E-state index contributed by atoms with van der Waals surface area (Å²) in [6.07, 6.45) is 5.04. The molecule has 39 heavy (non-hydrogen) atoms. The molecular weight excluding hydrogens is 511 g/mol. The third kappa shape index (κ3) is 7.14. The van der Waals surface area contributed by atoms with Crippen LogP contribution in [0.1, 0.15) is 67.0 Å². The van der Waals surface area contributed by atoms with E-state index < -0.39 is 17.6 Å². The summed E-state index contributed by atoms with van der Waals surface area (Å²) in [6, 6.07) is 6.60. The van der Waals surface area contributed by atoms with Crippen LogP contribution in [0, 0.1) is 11.8 Å². The summed E-state index contributed by atoms with van der Waals surface area (Å²) in [5.41, 5.74) is -0.615. The second-order valence-corrected chi connectivity index (χ2v) is 10.3. The molecule has 1 aliphatic carbocycles. The average molecular weight is 544 g/mol. The molecule has 1 saturated carbocycles. The van der Waals surface area contributed by atoms with E-state index >= 15 is 0 Å². The maximum absolute atomic E-state index is 13.9. The Hall–Kier alpha value is -3.47. The molecule has 208 valence electrons. The molecule has 1 aromatic carbocycles. The topological polar surface area (TPSA) is 102 Å². The lowest BCUT2D eigenvalue weighted by Crippen LogP contribution is -2.19. The van der Waals surface area contributed by atoms with Gasteiger partial charge in [-0.2, -0.15) is 13.2 Å². The lowest BCUT2D eigenvalue weighted by molar-refractivity contribution is -0.137. The van der Waals surface area contributed by atoms with Gasteiger partial charge in [-0.05, 0) is 72.6 Å². The highest BCUT2D eigenvalue weighted by Gasteiger charge is 2.34. The second kappa shape index (κ2) is 12.1. The van der Waals surface area contributed by atoms with Gasteiger partial charge in [0.1, 0.15) is 17.4 Å². The molecule has 2 fully saturated rings. The Labute approximate surface area is 224 Å². The number of ether oxygens (including phenoxy) is 2. The Morgan fingerprint density at radius 1 is 1.10 bits per heavy atom. The quantitative estimate of drug-likeness (QED) is 0.340. The zero-order chi connectivity index (χ0) is 27.2. The molecule has 1 saturated heterocycles. The van der Waals surface area contributed by atoms with Crippen molar-refractivity contribution in [1.29, 1.82) is 0 Å². The number of carbonyl (C=O) groups is 1. The number of rotatable bonds is 9. The Bertz CT molecular complexity index is 1270. The molecule has 0 radical (unpaired) electrons. The first-order valence-corrected chi connectivity index (χ1v) is 13.5. The second-order valence-electron chi connectivity index (χ2n) is 10.3. The van der Waals surface area contributed by atoms with Crippen LogP contribution >= 0.6 is 0 Å². The number of carbonyl (C=O) groups excluding carboxylic acids is 1. The van der Waals surface area contributed by atoms with E-state index in [9.17, 15) is 18.0 Å². The molecule has 11 heteroatoms. The molecule has 0 spiro atoms. The number of hydrogen-bond acceptors (Lipinski definition) is 6. The van der Waals surface area contributed by atoms with E-state index in [1.807, 2.05) is 0 Å². The van der Waals surface area contributed by atoms with Crippen molar-refractivity contribution in [2.75, 3.05) is 25.1 Å². The minimum Gasteiger partial charge on any atom is -0.494 e. The standard InChI is InChI=1S/C28H32F3N5O3/c29-28(30,31)23-8-7-21(39-13-10-19-6-3-12-38-17-19)16-22(23)20-9-11-32-24(15-20)34-27(37)26-33-25(35-36-26)14-18-4-1-2-5-18/h7-9,11,15-16,18-19H,1-6,10,12-14,17H2,(H,32,34,37)(H,33,35,36). The van der Waals surface area contributed by atoms with Gasteiger partial charge < -0.3 is 14.8 Å². The highest BCUT2D eigenvalue weighted by molar-refractivity contribution is 6.01. The summed E-state index contributed by atoms with van der Waals surface area (Å²) in [6.45, 7) is 1.84. The van der Waals surface area contributed by atoms with Crippen LogP contribution in [0.2, 0.25) is 0 Å². The van der Waals surface area contributed by atoms with Gasteiger partial charge in [0.05, 0.1) is 12.2 Å². The number of benzene rings is 1. The Morgan fingerprint density at radius 3 is 2.69 bits per heavy atom. The molecule has 1 aliphatic heterocycles. The molecule has 2 aromatic heterocycles. The molecule has 8 nitrogen and oxygen atoms in total. The van der Waals surface area contributed by atoms with Gasteiger partial charge >= 0.3 is 6.18 Å². The summed E-state index contributed by atoms with van der Waals surface area (Å²) < 4.78 is 52.9. The van der Waals surface area contributed by atoms with Gasteiger partial charge in [0.2, 0.25) is 5.82 Å². The zero-order valence-corrected chi connectivity index (χ0v) is 21.6. The molecule has 1 amide bonds. The van der Waals surface area contributed by atoms with E-state index in [2.05, 4.69) is 25.5 Å². The van der Waals surface area contributed by atoms with Gasteiger partial charge in [0.15, 0.2) is 0 Å². The van der Waals surface area contributed by atoms with Crippen LogP contribution in [-0.4, -0.2) is 45.9 Å². The predicted molar refractivity (Wildman–Crippen MR) is 138 cm³/mol. The Balaban J connectivity index is 1.29. The third-order valence-electron chi connectivity index (χ3n) is 7.35. The first-order valence-electron chi connectivity index (χ1n) is 13.5. The molecular formula is C28H32F3N5O3. The maximum atomic E-state index is 13.9. The lowest BCUT2D eigenvalue weighted by Gasteiger charge is -2.22. The van der Waals surface area contributed by atoms with E-state index in [0.29, 0.717) is 36.6 Å². The van der Waals surface area contributed by atoms with Gasteiger partial charge in [-0.25, -0.2) is 9.97 Å². The number of H-pyrrole nitrogens is 1. The summed E-state index contributed by atoms with van der Waals surface area (Å²) >= 11 is 0. The van der Waals surface area contributed by atoms with Crippen LogP contribution in [0.3, 0.4) is 0 Å². The van der Waals surface area contributed by atoms with Crippen molar-refractivity contribution in [3.8, 4) is 16.9 Å². The molecule has 5 rings (SSSR count). The predicted octanol–water partition coefficient (Wildman–Crippen LogP) is 6.07. The maximum Gasteiger partial charge on any atom is 0.417 e. The van der Waals surface area contributed by atoms with Crippen molar-refractivity contribution in [1.82, 2.24) is 20.2 Å². The number of nitrogens with one attached hydrogen (secondary N) is 2. The largest absolute Gasteiger partial charge is 0.494 e. The fraction of sp³-hybridized carbons (Fsp3) is 0.500. The van der Waals surface area contributed by atoms with Crippen LogP contribution in [0.15, 0.2) is 36.5 Å². The van der Waals surface area contributed by atoms with Crippen LogP contribution in [-0.2, 0) is 17.3 Å². The van der Waals surface area contributed by atoms with Crippen molar-refractivity contribution in [2.45, 2.75) is 57.5 Å². The van der Waals surface area contributed by atoms with E-state index in [4.69, 9.17) is 9.47 Å². The summed E-state index contributed by atoms with van der Waals surface area (Å²) in [5.74, 6) is 1.39. The highest BCUT2D eigenvalue weighted by Crippen LogP contribution is 2.39. The summed E-state index contributed by atoms with van der Waals surface area (Å²) in [5, 5.41) is 9.42. The molecule has 2 N–H and O–H groups in total. The Kier molecular flexibility index (Phi) is 8.44. The van der Waals surface area contributed by atoms with Gasteiger partial charge in [-0.1, -0.05) is 25.7 Å². The minimum atomic E-state index is -4.57. The number of amides is 1. The number of anilines is 1. The normalized spacial score (nSPS) is 18.3. The fourth-order valence-corrected chi connectivity index (χ4v) is 5.29. The lowest BCUT2D eigenvalue weighted by atomic mass is 9.99. The highest BCUT2D eigenvalue weighted by atomic mass is 19.4. The van der Waals surface area contributed by atoms with Crippen molar-refractivity contribution in [2.24, 2.45) is 11.8 Å². The number of aromatic amines is 1. The SMILES string of the molecule is O=C(Nc1cc(-c2cc(OCCC3CCCOC3)ccc2C(F)(F)F)ccn1)c1n[nH]c(CC2CCCC2)n1. The number of alkyl halides is 3. The number of pyridine rings is 1. The smallest absolute Gasteiger partial charge is 0.417 e. The molecule has 2 aliphatic rings. The van der Waals surface area contributed by atoms with E-state index in [0.717, 1.165) is 51.2 Å². The van der Waals surface area contributed by atoms with E-state index in [-0.39, 0.29) is 22.8 Å². The number of nitrogens with zero attached hydrogens (tertiary/aromatic N) is 3. The monoisotopic (exact) mass is 543 g/mol. The molecule has 3 heterocycles. The van der Waals surface area contributed by atoms with Crippen molar-refractivity contribution < 1.29 is 27.4 Å². The molecule has 1 unspecified atom stereocenters. The van der Waals surface area contributed by atoms with Crippen molar-refractivity contribution >= 4 is 11.7 Å². The van der Waals surface area contributed by atoms with Gasteiger partial charge in [0.25, 0.3) is 5.91 Å². The number of hydrogen-bond donors (Lipinski definition) is 2. The van der Waals surface area contributed by atoms with E-state index in [1.54, 1.807) is 0 Å². The summed E-state index contributed by atoms with van der Waals surface area (Å²) in [4.78, 5) is 21.1. The van der Waals surface area contributed by atoms with Crippen LogP contribution in [0.4, 0.5) is 19.0 Å². The molecule has 1 atom stereocenters. The molecule has 3 aromatic rings. The fourth-order valence-electron chi connectivity index (χ4n) is 5.29. The van der Waals surface area contributed by atoms with E-state index in [1.165, 1.54) is 43.3 Å². The minimum absolute atomic E-state index is 0.0371. The first-order chi connectivity index (χ1) is 18.8. The van der Waals surface area contributed by atoms with Gasteiger partial charge in [0, 0.05) is 25.8 Å². The van der Waals surface area contributed by atoms with Crippen LogP contribution in [0.25, 0.3) is 11.1 Å². The van der Waals surface area contributed by atoms with Crippen LogP contribution < -0.4 is 10.1 Å². The van der Waals surface area contributed by atoms with Crippen molar-refractivity contribution in [3.63, 3.8) is 0 Å². The van der Waals surface area contributed by atoms with Crippen LogP contribution in [0.5, 0.6) is 5.75 Å². The Morgan fingerprint density at radius 2 is 1.92 bits per heavy atom. The molecule has 0 bridgehead atoms.